The fraction of sp³-hybridized carbons (Fsp3) is 0.714. The lowest BCUT2D eigenvalue weighted by molar-refractivity contribution is 0.315. The maximum Gasteiger partial charge on any atom is 0.132 e. The first-order valence-corrected chi connectivity index (χ1v) is 6.99. The van der Waals surface area contributed by atoms with Crippen molar-refractivity contribution in [2.75, 3.05) is 24.7 Å². The molecule has 1 saturated carbocycles. The van der Waals surface area contributed by atoms with E-state index in [4.69, 9.17) is 0 Å². The minimum atomic E-state index is -0.211. The highest BCUT2D eigenvalue weighted by Crippen LogP contribution is 2.36. The van der Waals surface area contributed by atoms with Gasteiger partial charge in [0.15, 0.2) is 0 Å². The van der Waals surface area contributed by atoms with Gasteiger partial charge in [0.2, 0.25) is 0 Å². The van der Waals surface area contributed by atoms with Crippen molar-refractivity contribution in [3.8, 4) is 0 Å². The zero-order valence-electron chi connectivity index (χ0n) is 10.7. The first-order chi connectivity index (χ1) is 8.86. The molecule has 1 aliphatic heterocycles. The molecular weight excluding hydrogens is 229 g/mol. The first-order valence-electron chi connectivity index (χ1n) is 6.99. The van der Waals surface area contributed by atoms with Gasteiger partial charge in [0.1, 0.15) is 12.1 Å². The van der Waals surface area contributed by atoms with Crippen molar-refractivity contribution >= 4 is 5.82 Å². The molecule has 2 fully saturated rings. The molecule has 0 N–H and O–H groups in total. The molecule has 18 heavy (non-hydrogen) atoms. The number of anilines is 1. The number of piperidine rings is 1. The standard InChI is InChI=1S/C14H20FN3/c15-8-11-3-2-6-18(9-11)14-7-13(16-10-17-14)12-4-1-5-12/h7,10-12H,1-6,8-9H2. The number of halogens is 1. The molecule has 2 heterocycles. The van der Waals surface area contributed by atoms with Gasteiger partial charge in [-0.1, -0.05) is 6.42 Å². The van der Waals surface area contributed by atoms with E-state index in [-0.39, 0.29) is 12.6 Å². The largest absolute Gasteiger partial charge is 0.356 e. The lowest BCUT2D eigenvalue weighted by atomic mass is 9.83. The topological polar surface area (TPSA) is 29.0 Å². The molecular formula is C14H20FN3. The van der Waals surface area contributed by atoms with Gasteiger partial charge >= 0.3 is 0 Å². The molecule has 0 radical (unpaired) electrons. The monoisotopic (exact) mass is 249 g/mol. The third kappa shape index (κ3) is 2.33. The van der Waals surface area contributed by atoms with Crippen molar-refractivity contribution in [2.24, 2.45) is 5.92 Å². The second kappa shape index (κ2) is 5.21. The van der Waals surface area contributed by atoms with Gasteiger partial charge in [-0.05, 0) is 25.7 Å². The Morgan fingerprint density at radius 3 is 2.83 bits per heavy atom. The van der Waals surface area contributed by atoms with Crippen LogP contribution in [0.3, 0.4) is 0 Å². The number of nitrogens with zero attached hydrogens (tertiary/aromatic N) is 3. The predicted octanol–water partition coefficient (Wildman–Crippen LogP) is 2.93. The van der Waals surface area contributed by atoms with Crippen LogP contribution in [0.5, 0.6) is 0 Å². The van der Waals surface area contributed by atoms with Gasteiger partial charge in [0.25, 0.3) is 0 Å². The number of aromatic nitrogens is 2. The molecule has 0 bridgehead atoms. The van der Waals surface area contributed by atoms with Crippen LogP contribution < -0.4 is 4.90 Å². The minimum absolute atomic E-state index is 0.181. The van der Waals surface area contributed by atoms with Crippen LogP contribution in [-0.2, 0) is 0 Å². The molecule has 1 atom stereocenters. The van der Waals surface area contributed by atoms with Crippen molar-refractivity contribution < 1.29 is 4.39 Å². The summed E-state index contributed by atoms with van der Waals surface area (Å²) in [4.78, 5) is 11.0. The van der Waals surface area contributed by atoms with Gasteiger partial charge in [0, 0.05) is 36.7 Å². The molecule has 1 aromatic heterocycles. The van der Waals surface area contributed by atoms with Gasteiger partial charge in [-0.2, -0.15) is 0 Å². The van der Waals surface area contributed by atoms with Crippen LogP contribution in [-0.4, -0.2) is 29.7 Å². The quantitative estimate of drug-likeness (QED) is 0.824. The summed E-state index contributed by atoms with van der Waals surface area (Å²) in [6.07, 6.45) is 7.57. The summed E-state index contributed by atoms with van der Waals surface area (Å²) in [7, 11) is 0. The normalized spacial score (nSPS) is 24.9. The molecule has 2 aliphatic rings. The molecule has 0 aromatic carbocycles. The van der Waals surface area contributed by atoms with E-state index < -0.39 is 0 Å². The Morgan fingerprint density at radius 1 is 1.22 bits per heavy atom. The van der Waals surface area contributed by atoms with Gasteiger partial charge in [0.05, 0.1) is 6.67 Å². The molecule has 3 rings (SSSR count). The Hall–Kier alpha value is -1.19. The molecule has 98 valence electrons. The Morgan fingerprint density at radius 2 is 2.11 bits per heavy atom. The van der Waals surface area contributed by atoms with Gasteiger partial charge in [-0.3, -0.25) is 4.39 Å². The van der Waals surface area contributed by atoms with Crippen LogP contribution in [0.1, 0.15) is 43.7 Å². The second-order valence-electron chi connectivity index (χ2n) is 5.54. The summed E-state index contributed by atoms with van der Waals surface area (Å²) in [5.74, 6) is 1.81. The Labute approximate surface area is 107 Å². The van der Waals surface area contributed by atoms with Crippen LogP contribution in [0.2, 0.25) is 0 Å². The Balaban J connectivity index is 1.74. The summed E-state index contributed by atoms with van der Waals surface area (Å²) in [5.41, 5.74) is 1.17. The SMILES string of the molecule is FCC1CCCN(c2cc(C3CCC3)ncn2)C1. The van der Waals surface area contributed by atoms with Crippen LogP contribution in [0.4, 0.5) is 10.2 Å². The highest BCUT2D eigenvalue weighted by molar-refractivity contribution is 5.40. The summed E-state index contributed by atoms with van der Waals surface area (Å²) < 4.78 is 12.8. The Kier molecular flexibility index (Phi) is 3.43. The van der Waals surface area contributed by atoms with Crippen molar-refractivity contribution in [1.29, 1.82) is 0 Å². The fourth-order valence-corrected chi connectivity index (χ4v) is 2.86. The minimum Gasteiger partial charge on any atom is -0.356 e. The number of hydrogen-bond donors (Lipinski definition) is 0. The van der Waals surface area contributed by atoms with E-state index in [0.29, 0.717) is 5.92 Å². The third-order valence-corrected chi connectivity index (χ3v) is 4.26. The van der Waals surface area contributed by atoms with Crippen molar-refractivity contribution in [3.63, 3.8) is 0 Å². The zero-order valence-corrected chi connectivity index (χ0v) is 10.7. The number of rotatable bonds is 3. The zero-order chi connectivity index (χ0) is 12.4. The van der Waals surface area contributed by atoms with E-state index in [1.807, 2.05) is 0 Å². The van der Waals surface area contributed by atoms with E-state index >= 15 is 0 Å². The summed E-state index contributed by atoms with van der Waals surface area (Å²) >= 11 is 0. The molecule has 1 saturated heterocycles. The lowest BCUT2D eigenvalue weighted by Crippen LogP contribution is -2.36. The van der Waals surface area contributed by atoms with E-state index in [0.717, 1.165) is 31.7 Å². The molecule has 4 heteroatoms. The second-order valence-corrected chi connectivity index (χ2v) is 5.54. The maximum atomic E-state index is 12.8. The average Bonchev–Trinajstić information content (AvgIpc) is 2.37. The van der Waals surface area contributed by atoms with Crippen molar-refractivity contribution in [2.45, 2.75) is 38.0 Å². The highest BCUT2D eigenvalue weighted by Gasteiger charge is 2.24. The van der Waals surface area contributed by atoms with E-state index in [9.17, 15) is 4.39 Å². The summed E-state index contributed by atoms with van der Waals surface area (Å²) in [6.45, 7) is 1.59. The molecule has 0 spiro atoms. The third-order valence-electron chi connectivity index (χ3n) is 4.26. The molecule has 3 nitrogen and oxygen atoms in total. The molecule has 1 aromatic rings. The van der Waals surface area contributed by atoms with Crippen LogP contribution in [0, 0.1) is 5.92 Å². The van der Waals surface area contributed by atoms with Crippen molar-refractivity contribution in [1.82, 2.24) is 9.97 Å². The number of hydrogen-bond acceptors (Lipinski definition) is 3. The van der Waals surface area contributed by atoms with Gasteiger partial charge in [-0.15, -0.1) is 0 Å². The Bertz CT molecular complexity index is 406. The van der Waals surface area contributed by atoms with E-state index in [1.54, 1.807) is 6.33 Å². The van der Waals surface area contributed by atoms with Gasteiger partial charge in [-0.25, -0.2) is 9.97 Å². The lowest BCUT2D eigenvalue weighted by Gasteiger charge is -2.33. The van der Waals surface area contributed by atoms with Crippen molar-refractivity contribution in [3.05, 3.63) is 18.1 Å². The average molecular weight is 249 g/mol. The van der Waals surface area contributed by atoms with Crippen LogP contribution in [0.15, 0.2) is 12.4 Å². The highest BCUT2D eigenvalue weighted by atomic mass is 19.1. The molecule has 1 unspecified atom stereocenters. The first kappa shape index (κ1) is 11.9. The summed E-state index contributed by atoms with van der Waals surface area (Å²) in [6, 6.07) is 2.12. The maximum absolute atomic E-state index is 12.8. The fourth-order valence-electron chi connectivity index (χ4n) is 2.86. The predicted molar refractivity (Wildman–Crippen MR) is 69.5 cm³/mol. The molecule has 0 amide bonds. The summed E-state index contributed by atoms with van der Waals surface area (Å²) in [5, 5.41) is 0. The van der Waals surface area contributed by atoms with E-state index in [1.165, 1.54) is 25.0 Å². The van der Waals surface area contributed by atoms with Gasteiger partial charge < -0.3 is 4.90 Å². The number of alkyl halides is 1. The van der Waals surface area contributed by atoms with E-state index in [2.05, 4.69) is 20.9 Å². The van der Waals surface area contributed by atoms with Crippen LogP contribution in [0.25, 0.3) is 0 Å². The smallest absolute Gasteiger partial charge is 0.132 e. The molecule has 1 aliphatic carbocycles. The van der Waals surface area contributed by atoms with Crippen LogP contribution >= 0.6 is 0 Å².